The highest BCUT2D eigenvalue weighted by Crippen LogP contribution is 2.36. The zero-order valence-corrected chi connectivity index (χ0v) is 18.4. The summed E-state index contributed by atoms with van der Waals surface area (Å²) < 4.78 is 1.49. The Morgan fingerprint density at radius 3 is 2.28 bits per heavy atom. The fourth-order valence-corrected chi connectivity index (χ4v) is 4.88. The molecule has 3 N–H and O–H groups in total. The Morgan fingerprint density at radius 2 is 1.66 bits per heavy atom. The number of aliphatic carboxylic acids is 1. The van der Waals surface area contributed by atoms with Crippen LogP contribution in [0, 0.1) is 0 Å². The first-order valence-corrected chi connectivity index (χ1v) is 11.3. The lowest BCUT2D eigenvalue weighted by atomic mass is 10.0. The molecule has 0 bridgehead atoms. The fourth-order valence-electron chi connectivity index (χ4n) is 3.62. The highest BCUT2D eigenvalue weighted by atomic mass is 35.5. The molecule has 1 aliphatic heterocycles. The summed E-state index contributed by atoms with van der Waals surface area (Å²) in [6.45, 7) is -0.419. The van der Waals surface area contributed by atoms with Crippen LogP contribution in [0.4, 0.5) is 0 Å². The van der Waals surface area contributed by atoms with Gasteiger partial charge < -0.3 is 20.1 Å². The van der Waals surface area contributed by atoms with Crippen LogP contribution < -0.4 is 10.9 Å². The molecule has 2 aromatic carbocycles. The standard InChI is InChI=1S/C23H19ClN2O5S/c24-16-7-5-15(6-8-16)14-3-1-13(2-4-14)10-26-18-12-32-11-17(18)21(29)20(23(26)31)22(30)25-9-19(27)28/h1-8,29H,9-12H2,(H,25,30)(H,27,28). The first-order chi connectivity index (χ1) is 15.3. The van der Waals surface area contributed by atoms with Crippen LogP contribution in [0.2, 0.25) is 5.02 Å². The smallest absolute Gasteiger partial charge is 0.322 e. The molecule has 1 aliphatic rings. The molecule has 9 heteroatoms. The third kappa shape index (κ3) is 4.37. The Bertz CT molecular complexity index is 1250. The lowest BCUT2D eigenvalue weighted by Gasteiger charge is -2.16. The van der Waals surface area contributed by atoms with Crippen LogP contribution in [-0.2, 0) is 22.8 Å². The van der Waals surface area contributed by atoms with Crippen molar-refractivity contribution in [2.24, 2.45) is 0 Å². The van der Waals surface area contributed by atoms with E-state index < -0.39 is 29.5 Å². The van der Waals surface area contributed by atoms with E-state index in [1.165, 1.54) is 16.3 Å². The molecule has 2 heterocycles. The summed E-state index contributed by atoms with van der Waals surface area (Å²) in [5.41, 5.74) is 3.00. The minimum atomic E-state index is -1.24. The van der Waals surface area contributed by atoms with Crippen molar-refractivity contribution in [3.05, 3.63) is 86.3 Å². The zero-order chi connectivity index (χ0) is 22.8. The van der Waals surface area contributed by atoms with E-state index in [0.29, 0.717) is 27.8 Å². The van der Waals surface area contributed by atoms with Crippen molar-refractivity contribution in [2.75, 3.05) is 6.54 Å². The van der Waals surface area contributed by atoms with Gasteiger partial charge in [0.2, 0.25) is 0 Å². The number of aromatic nitrogens is 1. The van der Waals surface area contributed by atoms with Gasteiger partial charge in [0.25, 0.3) is 11.5 Å². The molecule has 0 aliphatic carbocycles. The molecular weight excluding hydrogens is 452 g/mol. The van der Waals surface area contributed by atoms with E-state index in [4.69, 9.17) is 16.7 Å². The van der Waals surface area contributed by atoms with Gasteiger partial charge in [-0.25, -0.2) is 0 Å². The highest BCUT2D eigenvalue weighted by Gasteiger charge is 2.28. The lowest BCUT2D eigenvalue weighted by Crippen LogP contribution is -2.37. The van der Waals surface area contributed by atoms with Gasteiger partial charge in [0.1, 0.15) is 17.9 Å². The van der Waals surface area contributed by atoms with Gasteiger partial charge in [-0.05, 0) is 28.8 Å². The van der Waals surface area contributed by atoms with Crippen molar-refractivity contribution < 1.29 is 19.8 Å². The zero-order valence-electron chi connectivity index (χ0n) is 16.8. The van der Waals surface area contributed by atoms with Gasteiger partial charge in [-0.1, -0.05) is 48.0 Å². The fraction of sp³-hybridized carbons (Fsp3) is 0.174. The summed E-state index contributed by atoms with van der Waals surface area (Å²) >= 11 is 7.48. The molecule has 7 nitrogen and oxygen atoms in total. The Hall–Kier alpha value is -3.23. The minimum Gasteiger partial charge on any atom is -0.507 e. The number of halogens is 1. The van der Waals surface area contributed by atoms with E-state index in [1.54, 1.807) is 0 Å². The Balaban J connectivity index is 1.68. The molecule has 0 atom stereocenters. The Kier molecular flexibility index (Phi) is 6.25. The Morgan fingerprint density at radius 1 is 1.03 bits per heavy atom. The van der Waals surface area contributed by atoms with Gasteiger partial charge in [0.15, 0.2) is 0 Å². The molecule has 0 saturated heterocycles. The number of hydrogen-bond donors (Lipinski definition) is 3. The normalized spacial score (nSPS) is 12.4. The SMILES string of the molecule is O=C(O)CNC(=O)c1c(O)c2c(n(Cc3ccc(-c4ccc(Cl)cc4)cc3)c1=O)CSC2. The van der Waals surface area contributed by atoms with Gasteiger partial charge in [-0.2, -0.15) is 11.8 Å². The number of carboxylic acids is 1. The van der Waals surface area contributed by atoms with Crippen LogP contribution in [-0.4, -0.2) is 33.2 Å². The first kappa shape index (κ1) is 22.0. The van der Waals surface area contributed by atoms with E-state index in [1.807, 2.05) is 48.5 Å². The predicted molar refractivity (Wildman–Crippen MR) is 123 cm³/mol. The number of benzene rings is 2. The Labute approximate surface area is 192 Å². The predicted octanol–water partition coefficient (Wildman–Crippen LogP) is 3.48. The number of nitrogens with zero attached hydrogens (tertiary/aromatic N) is 1. The van der Waals surface area contributed by atoms with Crippen LogP contribution in [0.15, 0.2) is 53.3 Å². The summed E-state index contributed by atoms with van der Waals surface area (Å²) in [6.07, 6.45) is 0. The van der Waals surface area contributed by atoms with Gasteiger partial charge >= 0.3 is 5.97 Å². The maximum Gasteiger partial charge on any atom is 0.322 e. The van der Waals surface area contributed by atoms with Crippen LogP contribution in [0.25, 0.3) is 11.1 Å². The molecule has 1 aromatic heterocycles. The maximum absolute atomic E-state index is 13.1. The summed E-state index contributed by atoms with van der Waals surface area (Å²) in [4.78, 5) is 36.4. The quantitative estimate of drug-likeness (QED) is 0.509. The number of carboxylic acid groups (broad SMARTS) is 1. The molecule has 0 spiro atoms. The van der Waals surface area contributed by atoms with Gasteiger partial charge in [-0.3, -0.25) is 14.4 Å². The van der Waals surface area contributed by atoms with Crippen molar-refractivity contribution in [2.45, 2.75) is 18.1 Å². The number of nitrogens with one attached hydrogen (secondary N) is 1. The molecule has 0 radical (unpaired) electrons. The molecule has 32 heavy (non-hydrogen) atoms. The second-order valence-corrected chi connectivity index (χ2v) is 8.74. The first-order valence-electron chi connectivity index (χ1n) is 9.75. The maximum atomic E-state index is 13.1. The number of aromatic hydroxyl groups is 1. The van der Waals surface area contributed by atoms with Crippen molar-refractivity contribution >= 4 is 35.2 Å². The number of pyridine rings is 1. The van der Waals surface area contributed by atoms with E-state index in [-0.39, 0.29) is 12.3 Å². The van der Waals surface area contributed by atoms with E-state index >= 15 is 0 Å². The molecule has 3 aromatic rings. The summed E-state index contributed by atoms with van der Waals surface area (Å²) in [5, 5.41) is 22.2. The van der Waals surface area contributed by atoms with Gasteiger partial charge in [0.05, 0.1) is 6.54 Å². The summed E-state index contributed by atoms with van der Waals surface area (Å²) in [7, 11) is 0. The van der Waals surface area contributed by atoms with Gasteiger partial charge in [0, 0.05) is 27.8 Å². The van der Waals surface area contributed by atoms with Crippen molar-refractivity contribution in [3.8, 4) is 16.9 Å². The minimum absolute atomic E-state index is 0.224. The number of amides is 1. The average molecular weight is 471 g/mol. The third-order valence-electron chi connectivity index (χ3n) is 5.24. The molecule has 1 amide bonds. The van der Waals surface area contributed by atoms with Crippen LogP contribution in [0.1, 0.15) is 27.2 Å². The molecule has 0 unspecified atom stereocenters. The van der Waals surface area contributed by atoms with E-state index in [2.05, 4.69) is 5.32 Å². The van der Waals surface area contributed by atoms with Gasteiger partial charge in [-0.15, -0.1) is 0 Å². The lowest BCUT2D eigenvalue weighted by molar-refractivity contribution is -0.135. The summed E-state index contributed by atoms with van der Waals surface area (Å²) in [6, 6.07) is 15.2. The van der Waals surface area contributed by atoms with Crippen molar-refractivity contribution in [1.82, 2.24) is 9.88 Å². The number of thioether (sulfide) groups is 1. The molecule has 4 rings (SSSR count). The van der Waals surface area contributed by atoms with Crippen LogP contribution in [0.3, 0.4) is 0 Å². The number of hydrogen-bond acceptors (Lipinski definition) is 5. The van der Waals surface area contributed by atoms with Crippen LogP contribution in [0.5, 0.6) is 5.75 Å². The van der Waals surface area contributed by atoms with Crippen molar-refractivity contribution in [3.63, 3.8) is 0 Å². The molecule has 164 valence electrons. The largest absolute Gasteiger partial charge is 0.507 e. The second kappa shape index (κ2) is 9.10. The third-order valence-corrected chi connectivity index (χ3v) is 6.46. The number of carbonyl (C=O) groups is 2. The van der Waals surface area contributed by atoms with Crippen molar-refractivity contribution in [1.29, 1.82) is 0 Å². The topological polar surface area (TPSA) is 109 Å². The second-order valence-electron chi connectivity index (χ2n) is 7.31. The monoisotopic (exact) mass is 470 g/mol. The molecular formula is C23H19ClN2O5S. The van der Waals surface area contributed by atoms with E-state index in [9.17, 15) is 19.5 Å². The number of carbonyl (C=O) groups excluding carboxylic acids is 1. The number of rotatable bonds is 6. The molecule has 0 fully saturated rings. The highest BCUT2D eigenvalue weighted by molar-refractivity contribution is 7.98. The average Bonchev–Trinajstić information content (AvgIpc) is 3.26. The van der Waals surface area contributed by atoms with Crippen LogP contribution >= 0.6 is 23.4 Å². The van der Waals surface area contributed by atoms with E-state index in [0.717, 1.165) is 16.7 Å². The summed E-state index contributed by atoms with van der Waals surface area (Å²) in [5.74, 6) is -1.50. The number of fused-ring (bicyclic) bond motifs is 1. The molecule has 0 saturated carbocycles.